The summed E-state index contributed by atoms with van der Waals surface area (Å²) in [6, 6.07) is 5.95. The Morgan fingerprint density at radius 2 is 1.86 bits per heavy atom. The molecule has 1 aromatic carbocycles. The van der Waals surface area contributed by atoms with Crippen molar-refractivity contribution in [1.82, 2.24) is 14.6 Å². The molecule has 0 saturated heterocycles. The molecule has 0 aliphatic rings. The number of methoxy groups -OCH3 is 2. The molecular weight excluding hydrogens is 266 g/mol. The largest absolute Gasteiger partial charge is 0.496 e. The van der Waals surface area contributed by atoms with Crippen LogP contribution in [-0.4, -0.2) is 28.8 Å². The molecule has 5 heteroatoms. The lowest BCUT2D eigenvalue weighted by Crippen LogP contribution is -1.93. The van der Waals surface area contributed by atoms with Crippen LogP contribution in [0.2, 0.25) is 0 Å². The van der Waals surface area contributed by atoms with Crippen LogP contribution >= 0.6 is 0 Å². The molecule has 0 bridgehead atoms. The Kier molecular flexibility index (Phi) is 3.25. The number of rotatable bonds is 3. The van der Waals surface area contributed by atoms with Crippen molar-refractivity contribution in [3.8, 4) is 22.8 Å². The van der Waals surface area contributed by atoms with Gasteiger partial charge >= 0.3 is 0 Å². The first-order chi connectivity index (χ1) is 10.2. The molecule has 3 aromatic rings. The average molecular weight is 283 g/mol. The monoisotopic (exact) mass is 283 g/mol. The van der Waals surface area contributed by atoms with Gasteiger partial charge in [0, 0.05) is 12.4 Å². The van der Waals surface area contributed by atoms with Gasteiger partial charge in [-0.25, -0.2) is 9.50 Å². The Hall–Kier alpha value is -2.56. The van der Waals surface area contributed by atoms with E-state index in [2.05, 4.69) is 16.1 Å². The van der Waals surface area contributed by atoms with E-state index in [9.17, 15) is 0 Å². The van der Waals surface area contributed by atoms with Gasteiger partial charge in [0.1, 0.15) is 5.75 Å². The molecule has 21 heavy (non-hydrogen) atoms. The van der Waals surface area contributed by atoms with E-state index in [0.717, 1.165) is 33.7 Å². The fourth-order valence-electron chi connectivity index (χ4n) is 2.52. The summed E-state index contributed by atoms with van der Waals surface area (Å²) in [6.45, 7) is 4.07. The average Bonchev–Trinajstić information content (AvgIpc) is 2.87. The fraction of sp³-hybridized carbons (Fsp3) is 0.250. The van der Waals surface area contributed by atoms with E-state index in [-0.39, 0.29) is 0 Å². The minimum atomic E-state index is 0.571. The molecule has 0 saturated carbocycles. The number of benzene rings is 1. The van der Waals surface area contributed by atoms with Crippen molar-refractivity contribution in [2.45, 2.75) is 13.8 Å². The zero-order valence-electron chi connectivity index (χ0n) is 12.5. The SMILES string of the molecule is COc1cc(C)c(-c2c(OC)nn3cccnc23)cc1C. The number of hydrogen-bond donors (Lipinski definition) is 0. The van der Waals surface area contributed by atoms with Gasteiger partial charge < -0.3 is 9.47 Å². The first-order valence-corrected chi connectivity index (χ1v) is 6.68. The van der Waals surface area contributed by atoms with E-state index < -0.39 is 0 Å². The lowest BCUT2D eigenvalue weighted by atomic mass is 9.99. The maximum Gasteiger partial charge on any atom is 0.243 e. The normalized spacial score (nSPS) is 10.9. The number of hydrogen-bond acceptors (Lipinski definition) is 4. The molecule has 108 valence electrons. The molecule has 2 heterocycles. The molecule has 3 rings (SSSR count). The zero-order chi connectivity index (χ0) is 15.0. The van der Waals surface area contributed by atoms with Crippen LogP contribution in [0.15, 0.2) is 30.6 Å². The van der Waals surface area contributed by atoms with Crippen molar-refractivity contribution in [3.63, 3.8) is 0 Å². The highest BCUT2D eigenvalue weighted by Gasteiger charge is 2.19. The molecule has 0 fully saturated rings. The molecular formula is C16H17N3O2. The summed E-state index contributed by atoms with van der Waals surface area (Å²) in [5.74, 6) is 1.45. The van der Waals surface area contributed by atoms with Crippen molar-refractivity contribution in [2.75, 3.05) is 14.2 Å². The second kappa shape index (κ2) is 5.09. The standard InChI is InChI=1S/C16H17N3O2/c1-10-9-13(20-3)11(2)8-12(10)14-15-17-6-5-7-19(15)18-16(14)21-4/h5-9H,1-4H3. The molecule has 0 N–H and O–H groups in total. The van der Waals surface area contributed by atoms with E-state index in [1.54, 1.807) is 24.9 Å². The van der Waals surface area contributed by atoms with Crippen LogP contribution in [0.25, 0.3) is 16.8 Å². The van der Waals surface area contributed by atoms with E-state index in [1.807, 2.05) is 32.2 Å². The van der Waals surface area contributed by atoms with Gasteiger partial charge in [0.05, 0.1) is 19.8 Å². The third-order valence-electron chi connectivity index (χ3n) is 3.57. The lowest BCUT2D eigenvalue weighted by molar-refractivity contribution is 0.396. The van der Waals surface area contributed by atoms with Gasteiger partial charge in [-0.05, 0) is 48.7 Å². The van der Waals surface area contributed by atoms with Crippen LogP contribution < -0.4 is 9.47 Å². The number of aryl methyl sites for hydroxylation is 2. The smallest absolute Gasteiger partial charge is 0.243 e. The molecule has 2 aromatic heterocycles. The van der Waals surface area contributed by atoms with E-state index >= 15 is 0 Å². The predicted molar refractivity (Wildman–Crippen MR) is 81.0 cm³/mol. The van der Waals surface area contributed by atoms with Crippen LogP contribution in [0.5, 0.6) is 11.6 Å². The minimum absolute atomic E-state index is 0.571. The molecule has 0 radical (unpaired) electrons. The molecule has 5 nitrogen and oxygen atoms in total. The molecule has 0 atom stereocenters. The number of aromatic nitrogens is 3. The van der Waals surface area contributed by atoms with Gasteiger partial charge in [0.15, 0.2) is 5.65 Å². The third-order valence-corrected chi connectivity index (χ3v) is 3.57. The summed E-state index contributed by atoms with van der Waals surface area (Å²) in [4.78, 5) is 4.43. The summed E-state index contributed by atoms with van der Waals surface area (Å²) >= 11 is 0. The molecule has 0 spiro atoms. The number of fused-ring (bicyclic) bond motifs is 1. The van der Waals surface area contributed by atoms with Crippen LogP contribution in [0.1, 0.15) is 11.1 Å². The van der Waals surface area contributed by atoms with Gasteiger partial charge in [-0.15, -0.1) is 5.10 Å². The van der Waals surface area contributed by atoms with Crippen LogP contribution in [0, 0.1) is 13.8 Å². The Morgan fingerprint density at radius 1 is 1.05 bits per heavy atom. The molecule has 0 unspecified atom stereocenters. The first-order valence-electron chi connectivity index (χ1n) is 6.68. The van der Waals surface area contributed by atoms with Crippen molar-refractivity contribution >= 4 is 5.65 Å². The van der Waals surface area contributed by atoms with Crippen molar-refractivity contribution < 1.29 is 9.47 Å². The quantitative estimate of drug-likeness (QED) is 0.741. The maximum atomic E-state index is 5.43. The van der Waals surface area contributed by atoms with Gasteiger partial charge in [-0.3, -0.25) is 0 Å². The Bertz CT molecular complexity index is 809. The van der Waals surface area contributed by atoms with Crippen molar-refractivity contribution in [3.05, 3.63) is 41.7 Å². The predicted octanol–water partition coefficient (Wildman–Crippen LogP) is 3.03. The highest BCUT2D eigenvalue weighted by molar-refractivity contribution is 5.84. The van der Waals surface area contributed by atoms with E-state index in [0.29, 0.717) is 5.88 Å². The second-order valence-electron chi connectivity index (χ2n) is 4.91. The zero-order valence-corrected chi connectivity index (χ0v) is 12.5. The van der Waals surface area contributed by atoms with Crippen LogP contribution in [-0.2, 0) is 0 Å². The van der Waals surface area contributed by atoms with Gasteiger partial charge in [-0.1, -0.05) is 0 Å². The number of ether oxygens (including phenoxy) is 2. The number of nitrogens with zero attached hydrogens (tertiary/aromatic N) is 3. The van der Waals surface area contributed by atoms with Gasteiger partial charge in [-0.2, -0.15) is 0 Å². The van der Waals surface area contributed by atoms with Crippen molar-refractivity contribution in [2.24, 2.45) is 0 Å². The van der Waals surface area contributed by atoms with Gasteiger partial charge in [0.2, 0.25) is 5.88 Å². The highest BCUT2D eigenvalue weighted by Crippen LogP contribution is 2.37. The third kappa shape index (κ3) is 2.11. The fourth-order valence-corrected chi connectivity index (χ4v) is 2.52. The first kappa shape index (κ1) is 13.4. The Labute approximate surface area is 123 Å². The molecule has 0 amide bonds. The van der Waals surface area contributed by atoms with Crippen LogP contribution in [0.3, 0.4) is 0 Å². The second-order valence-corrected chi connectivity index (χ2v) is 4.91. The Balaban J connectivity index is 2.32. The summed E-state index contributed by atoms with van der Waals surface area (Å²) in [7, 11) is 3.30. The lowest BCUT2D eigenvalue weighted by Gasteiger charge is -2.11. The summed E-state index contributed by atoms with van der Waals surface area (Å²) < 4.78 is 12.5. The van der Waals surface area contributed by atoms with Crippen LogP contribution in [0.4, 0.5) is 0 Å². The summed E-state index contributed by atoms with van der Waals surface area (Å²) in [6.07, 6.45) is 3.62. The maximum absolute atomic E-state index is 5.43. The van der Waals surface area contributed by atoms with E-state index in [4.69, 9.17) is 9.47 Å². The van der Waals surface area contributed by atoms with Gasteiger partial charge in [0.25, 0.3) is 0 Å². The topological polar surface area (TPSA) is 48.7 Å². The summed E-state index contributed by atoms with van der Waals surface area (Å²) in [5.41, 5.74) is 4.90. The summed E-state index contributed by atoms with van der Waals surface area (Å²) in [5, 5.41) is 4.42. The highest BCUT2D eigenvalue weighted by atomic mass is 16.5. The Morgan fingerprint density at radius 3 is 2.57 bits per heavy atom. The molecule has 0 aliphatic carbocycles. The van der Waals surface area contributed by atoms with E-state index in [1.165, 1.54) is 0 Å². The molecule has 0 aliphatic heterocycles. The van der Waals surface area contributed by atoms with Crippen molar-refractivity contribution in [1.29, 1.82) is 0 Å². The minimum Gasteiger partial charge on any atom is -0.496 e.